The van der Waals surface area contributed by atoms with Crippen molar-refractivity contribution in [2.75, 3.05) is 20.2 Å². The third kappa shape index (κ3) is 4.26. The Hall–Kier alpha value is -2.63. The Morgan fingerprint density at radius 2 is 1.88 bits per heavy atom. The summed E-state index contributed by atoms with van der Waals surface area (Å²) >= 11 is 0. The number of ether oxygens (including phenoxy) is 1. The minimum Gasteiger partial charge on any atom is -0.463 e. The van der Waals surface area contributed by atoms with Crippen molar-refractivity contribution in [1.29, 1.82) is 0 Å². The summed E-state index contributed by atoms with van der Waals surface area (Å²) in [6.07, 6.45) is 0.706. The summed E-state index contributed by atoms with van der Waals surface area (Å²) in [5.41, 5.74) is 2.21. The van der Waals surface area contributed by atoms with Gasteiger partial charge in [0.2, 0.25) is 0 Å². The van der Waals surface area contributed by atoms with E-state index in [2.05, 4.69) is 0 Å². The molecule has 1 amide bonds. The van der Waals surface area contributed by atoms with Crippen LogP contribution < -0.4 is 0 Å². The summed E-state index contributed by atoms with van der Waals surface area (Å²) in [6.45, 7) is 0.785. The molecule has 0 saturated heterocycles. The Morgan fingerprint density at radius 1 is 1.16 bits per heavy atom. The molecule has 1 N–H and O–H groups in total. The van der Waals surface area contributed by atoms with Crippen LogP contribution in [-0.2, 0) is 11.3 Å². The molecular formula is C20H21NO4. The van der Waals surface area contributed by atoms with E-state index in [4.69, 9.17) is 9.15 Å². The molecule has 1 aromatic heterocycles. The standard InChI is InChI=1S/C20H21NO4/c1-21(11-16(22)13-24-12-15-7-3-2-4-8-15)20(23)18-14-25-19-10-6-5-9-17(18)19/h2-10,14,16,22H,11-13H2,1H3. The molecular weight excluding hydrogens is 318 g/mol. The number of hydrogen-bond donors (Lipinski definition) is 1. The summed E-state index contributed by atoms with van der Waals surface area (Å²) in [4.78, 5) is 14.0. The zero-order valence-electron chi connectivity index (χ0n) is 14.1. The predicted octanol–water partition coefficient (Wildman–Crippen LogP) is 3.08. The third-order valence-corrected chi connectivity index (χ3v) is 3.96. The van der Waals surface area contributed by atoms with E-state index in [9.17, 15) is 9.90 Å². The van der Waals surface area contributed by atoms with Gasteiger partial charge < -0.3 is 19.2 Å². The fourth-order valence-electron chi connectivity index (χ4n) is 2.69. The molecule has 1 atom stereocenters. The van der Waals surface area contributed by atoms with Gasteiger partial charge in [-0.05, 0) is 11.6 Å². The highest BCUT2D eigenvalue weighted by molar-refractivity contribution is 6.05. The number of fused-ring (bicyclic) bond motifs is 1. The largest absolute Gasteiger partial charge is 0.463 e. The smallest absolute Gasteiger partial charge is 0.257 e. The quantitative estimate of drug-likeness (QED) is 0.718. The molecule has 25 heavy (non-hydrogen) atoms. The maximum absolute atomic E-state index is 12.6. The topological polar surface area (TPSA) is 62.9 Å². The summed E-state index contributed by atoms with van der Waals surface area (Å²) in [6, 6.07) is 17.1. The molecule has 3 aromatic rings. The minimum absolute atomic E-state index is 0.165. The summed E-state index contributed by atoms with van der Waals surface area (Å²) < 4.78 is 10.9. The number of hydrogen-bond acceptors (Lipinski definition) is 4. The molecule has 130 valence electrons. The number of rotatable bonds is 7. The normalized spacial score (nSPS) is 12.2. The zero-order chi connectivity index (χ0) is 17.6. The van der Waals surface area contributed by atoms with Gasteiger partial charge in [0.1, 0.15) is 11.8 Å². The average molecular weight is 339 g/mol. The number of nitrogens with zero attached hydrogens (tertiary/aromatic N) is 1. The minimum atomic E-state index is -0.754. The van der Waals surface area contributed by atoms with Crippen molar-refractivity contribution in [1.82, 2.24) is 4.90 Å². The SMILES string of the molecule is CN(CC(O)COCc1ccccc1)C(=O)c1coc2ccccc12. The van der Waals surface area contributed by atoms with E-state index in [-0.39, 0.29) is 19.1 Å². The Balaban J connectivity index is 1.52. The first kappa shape index (κ1) is 17.2. The van der Waals surface area contributed by atoms with E-state index < -0.39 is 6.10 Å². The average Bonchev–Trinajstić information content (AvgIpc) is 3.06. The lowest BCUT2D eigenvalue weighted by molar-refractivity contribution is 0.0137. The first-order chi connectivity index (χ1) is 12.1. The van der Waals surface area contributed by atoms with Crippen LogP contribution in [0.1, 0.15) is 15.9 Å². The van der Waals surface area contributed by atoms with Gasteiger partial charge in [0.15, 0.2) is 0 Å². The van der Waals surface area contributed by atoms with E-state index in [1.165, 1.54) is 11.2 Å². The van der Waals surface area contributed by atoms with Crippen LogP contribution in [0.5, 0.6) is 0 Å². The van der Waals surface area contributed by atoms with Crippen LogP contribution in [0.4, 0.5) is 0 Å². The van der Waals surface area contributed by atoms with Crippen LogP contribution in [0.25, 0.3) is 11.0 Å². The van der Waals surface area contributed by atoms with E-state index in [0.717, 1.165) is 10.9 Å². The molecule has 0 aliphatic carbocycles. The Labute approximate surface area is 146 Å². The van der Waals surface area contributed by atoms with Gasteiger partial charge in [0.05, 0.1) is 24.9 Å². The molecule has 0 fully saturated rings. The number of para-hydroxylation sites is 1. The van der Waals surface area contributed by atoms with Crippen molar-refractivity contribution < 1.29 is 19.1 Å². The number of benzene rings is 2. The highest BCUT2D eigenvalue weighted by Gasteiger charge is 2.19. The Kier molecular flexibility index (Phi) is 5.48. The molecule has 1 unspecified atom stereocenters. The molecule has 0 spiro atoms. The van der Waals surface area contributed by atoms with E-state index >= 15 is 0 Å². The first-order valence-electron chi connectivity index (χ1n) is 8.16. The fraction of sp³-hybridized carbons (Fsp3) is 0.250. The highest BCUT2D eigenvalue weighted by Crippen LogP contribution is 2.21. The van der Waals surface area contributed by atoms with Gasteiger partial charge in [0, 0.05) is 19.0 Å². The van der Waals surface area contributed by atoms with Crippen LogP contribution in [0.3, 0.4) is 0 Å². The van der Waals surface area contributed by atoms with Crippen molar-refractivity contribution in [2.45, 2.75) is 12.7 Å². The lowest BCUT2D eigenvalue weighted by Crippen LogP contribution is -2.36. The maximum Gasteiger partial charge on any atom is 0.257 e. The van der Waals surface area contributed by atoms with Crippen molar-refractivity contribution in [3.8, 4) is 0 Å². The Bertz CT molecular complexity index is 828. The molecule has 0 aliphatic heterocycles. The number of carbonyl (C=O) groups excluding carboxylic acids is 1. The molecule has 0 radical (unpaired) electrons. The van der Waals surface area contributed by atoms with Gasteiger partial charge in [-0.15, -0.1) is 0 Å². The second-order valence-electron chi connectivity index (χ2n) is 5.99. The number of furan rings is 1. The van der Waals surface area contributed by atoms with Gasteiger partial charge in [-0.3, -0.25) is 4.79 Å². The second-order valence-corrected chi connectivity index (χ2v) is 5.99. The molecule has 5 nitrogen and oxygen atoms in total. The molecule has 1 heterocycles. The number of aliphatic hydroxyl groups excluding tert-OH is 1. The zero-order valence-corrected chi connectivity index (χ0v) is 14.1. The molecule has 0 saturated carbocycles. The second kappa shape index (κ2) is 7.96. The van der Waals surface area contributed by atoms with Crippen molar-refractivity contribution in [3.63, 3.8) is 0 Å². The number of amides is 1. The lowest BCUT2D eigenvalue weighted by atomic mass is 10.1. The van der Waals surface area contributed by atoms with Crippen molar-refractivity contribution in [2.24, 2.45) is 0 Å². The summed E-state index contributed by atoms with van der Waals surface area (Å²) in [5, 5.41) is 10.9. The number of carbonyl (C=O) groups is 1. The van der Waals surface area contributed by atoms with Crippen LogP contribution in [0.15, 0.2) is 65.3 Å². The molecule has 5 heteroatoms. The molecule has 3 rings (SSSR count). The fourth-order valence-corrected chi connectivity index (χ4v) is 2.69. The first-order valence-corrected chi connectivity index (χ1v) is 8.16. The number of aliphatic hydroxyl groups is 1. The van der Waals surface area contributed by atoms with Gasteiger partial charge in [-0.2, -0.15) is 0 Å². The van der Waals surface area contributed by atoms with Crippen molar-refractivity contribution in [3.05, 3.63) is 72.0 Å². The number of likely N-dealkylation sites (N-methyl/N-ethyl adjacent to an activating group) is 1. The van der Waals surface area contributed by atoms with Crippen LogP contribution in [0, 0.1) is 0 Å². The van der Waals surface area contributed by atoms with E-state index in [0.29, 0.717) is 17.8 Å². The van der Waals surface area contributed by atoms with Crippen LogP contribution >= 0.6 is 0 Å². The molecule has 0 aliphatic rings. The van der Waals surface area contributed by atoms with Crippen molar-refractivity contribution >= 4 is 16.9 Å². The van der Waals surface area contributed by atoms with Gasteiger partial charge in [-0.25, -0.2) is 0 Å². The monoisotopic (exact) mass is 339 g/mol. The van der Waals surface area contributed by atoms with Gasteiger partial charge in [0.25, 0.3) is 5.91 Å². The highest BCUT2D eigenvalue weighted by atomic mass is 16.5. The van der Waals surface area contributed by atoms with Gasteiger partial charge in [-0.1, -0.05) is 48.5 Å². The maximum atomic E-state index is 12.6. The molecule has 0 bridgehead atoms. The Morgan fingerprint density at radius 3 is 2.68 bits per heavy atom. The predicted molar refractivity (Wildman–Crippen MR) is 95.3 cm³/mol. The van der Waals surface area contributed by atoms with Crippen LogP contribution in [-0.4, -0.2) is 42.2 Å². The van der Waals surface area contributed by atoms with E-state index in [1.807, 2.05) is 54.6 Å². The lowest BCUT2D eigenvalue weighted by Gasteiger charge is -2.20. The van der Waals surface area contributed by atoms with E-state index in [1.54, 1.807) is 7.05 Å². The summed E-state index contributed by atoms with van der Waals surface area (Å²) in [7, 11) is 1.66. The third-order valence-electron chi connectivity index (χ3n) is 3.96. The van der Waals surface area contributed by atoms with Crippen LogP contribution in [0.2, 0.25) is 0 Å². The van der Waals surface area contributed by atoms with Gasteiger partial charge >= 0.3 is 0 Å². The summed E-state index contributed by atoms with van der Waals surface area (Å²) in [5.74, 6) is -0.188. The molecule has 2 aromatic carbocycles.